The number of aliphatic carboxylic acids is 1. The van der Waals surface area contributed by atoms with Gasteiger partial charge >= 0.3 is 5.97 Å². The first-order valence-electron chi connectivity index (χ1n) is 4.35. The quantitative estimate of drug-likeness (QED) is 0.644. The Hall–Kier alpha value is -0.790. The van der Waals surface area contributed by atoms with Crippen molar-refractivity contribution in [1.29, 1.82) is 0 Å². The van der Waals surface area contributed by atoms with E-state index >= 15 is 0 Å². The van der Waals surface area contributed by atoms with Crippen LogP contribution in [0.25, 0.3) is 0 Å². The molecule has 0 fully saturated rings. The van der Waals surface area contributed by atoms with Gasteiger partial charge in [-0.1, -0.05) is 32.9 Å². The van der Waals surface area contributed by atoms with Gasteiger partial charge in [-0.3, -0.25) is 4.79 Å². The number of allylic oxidation sites excluding steroid dienone is 1. The largest absolute Gasteiger partial charge is 0.481 e. The van der Waals surface area contributed by atoms with Crippen molar-refractivity contribution < 1.29 is 9.90 Å². The average Bonchev–Trinajstić information content (AvgIpc) is 1.98. The van der Waals surface area contributed by atoms with Gasteiger partial charge in [0.25, 0.3) is 0 Å². The first-order chi connectivity index (χ1) is 5.45. The van der Waals surface area contributed by atoms with Gasteiger partial charge in [0.15, 0.2) is 0 Å². The van der Waals surface area contributed by atoms with E-state index in [4.69, 9.17) is 5.11 Å². The Bertz CT molecular complexity index is 171. The van der Waals surface area contributed by atoms with Gasteiger partial charge in [0, 0.05) is 0 Å². The molecule has 0 aliphatic rings. The van der Waals surface area contributed by atoms with Gasteiger partial charge in [-0.2, -0.15) is 0 Å². The van der Waals surface area contributed by atoms with E-state index in [0.29, 0.717) is 12.3 Å². The summed E-state index contributed by atoms with van der Waals surface area (Å²) in [4.78, 5) is 10.5. The summed E-state index contributed by atoms with van der Waals surface area (Å²) < 4.78 is 0. The molecule has 0 amide bonds. The summed E-state index contributed by atoms with van der Waals surface area (Å²) >= 11 is 0. The van der Waals surface area contributed by atoms with Crippen molar-refractivity contribution in [3.63, 3.8) is 0 Å². The Kier molecular flexibility index (Phi) is 4.64. The Morgan fingerprint density at radius 1 is 1.42 bits per heavy atom. The minimum atomic E-state index is -0.716. The van der Waals surface area contributed by atoms with E-state index in [1.54, 1.807) is 6.92 Å². The highest BCUT2D eigenvalue weighted by Crippen LogP contribution is 2.16. The van der Waals surface area contributed by atoms with Crippen LogP contribution in [0.15, 0.2) is 12.2 Å². The average molecular weight is 170 g/mol. The fourth-order valence-electron chi connectivity index (χ4n) is 0.814. The maximum absolute atomic E-state index is 10.5. The Balaban J connectivity index is 3.69. The molecule has 0 aromatic rings. The van der Waals surface area contributed by atoms with E-state index in [1.807, 2.05) is 0 Å². The molecule has 0 aromatic heterocycles. The molecular weight excluding hydrogens is 152 g/mol. The summed E-state index contributed by atoms with van der Waals surface area (Å²) in [5, 5.41) is 8.60. The second-order valence-corrected chi connectivity index (χ2v) is 3.59. The molecule has 12 heavy (non-hydrogen) atoms. The molecule has 2 nitrogen and oxygen atoms in total. The smallest absolute Gasteiger partial charge is 0.306 e. The van der Waals surface area contributed by atoms with Gasteiger partial charge in [-0.25, -0.2) is 0 Å². The highest BCUT2D eigenvalue weighted by Gasteiger charge is 2.11. The van der Waals surface area contributed by atoms with Crippen molar-refractivity contribution in [2.24, 2.45) is 11.8 Å². The fraction of sp³-hybridized carbons (Fsp3) is 0.700. The minimum Gasteiger partial charge on any atom is -0.481 e. The second kappa shape index (κ2) is 4.96. The standard InChI is InChI=1S/C10H18O2/c1-7(2)8(3)5-6-9(4)10(11)12/h7,9H,3,5-6H2,1-2,4H3,(H,11,12)/t9-/m1/s1. The molecule has 0 rings (SSSR count). The van der Waals surface area contributed by atoms with Crippen molar-refractivity contribution in [3.05, 3.63) is 12.2 Å². The molecule has 0 heterocycles. The first kappa shape index (κ1) is 11.2. The number of carbonyl (C=O) groups is 1. The maximum Gasteiger partial charge on any atom is 0.306 e. The third kappa shape index (κ3) is 4.16. The number of rotatable bonds is 5. The van der Waals surface area contributed by atoms with Crippen LogP contribution in [0.5, 0.6) is 0 Å². The normalized spacial score (nSPS) is 13.0. The fourth-order valence-corrected chi connectivity index (χ4v) is 0.814. The first-order valence-corrected chi connectivity index (χ1v) is 4.35. The highest BCUT2D eigenvalue weighted by atomic mass is 16.4. The molecule has 1 atom stereocenters. The Morgan fingerprint density at radius 2 is 1.92 bits per heavy atom. The Morgan fingerprint density at radius 3 is 2.25 bits per heavy atom. The van der Waals surface area contributed by atoms with E-state index in [9.17, 15) is 4.79 Å². The Labute approximate surface area is 74.3 Å². The molecule has 0 saturated heterocycles. The van der Waals surface area contributed by atoms with Crippen LogP contribution >= 0.6 is 0 Å². The zero-order chi connectivity index (χ0) is 9.72. The third-order valence-electron chi connectivity index (χ3n) is 2.14. The minimum absolute atomic E-state index is 0.250. The molecular formula is C10H18O2. The SMILES string of the molecule is C=C(CC[C@@H](C)C(=O)O)C(C)C. The molecule has 0 bridgehead atoms. The summed E-state index contributed by atoms with van der Waals surface area (Å²) in [6, 6.07) is 0. The van der Waals surface area contributed by atoms with E-state index in [0.717, 1.165) is 12.0 Å². The molecule has 0 aliphatic heterocycles. The molecule has 0 spiro atoms. The van der Waals surface area contributed by atoms with E-state index < -0.39 is 5.97 Å². The molecule has 0 aromatic carbocycles. The number of hydrogen-bond donors (Lipinski definition) is 1. The van der Waals surface area contributed by atoms with Crippen LogP contribution in [0.4, 0.5) is 0 Å². The van der Waals surface area contributed by atoms with E-state index in [1.165, 1.54) is 0 Å². The lowest BCUT2D eigenvalue weighted by atomic mass is 9.96. The summed E-state index contributed by atoms with van der Waals surface area (Å²) in [7, 11) is 0. The molecule has 70 valence electrons. The van der Waals surface area contributed by atoms with Crippen LogP contribution < -0.4 is 0 Å². The summed E-state index contributed by atoms with van der Waals surface area (Å²) in [5.41, 5.74) is 1.14. The predicted molar refractivity (Wildman–Crippen MR) is 50.0 cm³/mol. The van der Waals surface area contributed by atoms with Crippen LogP contribution in [0.2, 0.25) is 0 Å². The number of carboxylic acids is 1. The van der Waals surface area contributed by atoms with Crippen LogP contribution in [-0.2, 0) is 4.79 Å². The number of carboxylic acid groups (broad SMARTS) is 1. The van der Waals surface area contributed by atoms with Crippen molar-refractivity contribution >= 4 is 5.97 Å². The van der Waals surface area contributed by atoms with Gasteiger partial charge in [0.05, 0.1) is 5.92 Å². The van der Waals surface area contributed by atoms with Gasteiger partial charge in [-0.05, 0) is 18.8 Å². The predicted octanol–water partition coefficient (Wildman–Crippen LogP) is 2.70. The molecule has 0 unspecified atom stereocenters. The summed E-state index contributed by atoms with van der Waals surface area (Å²) in [6.07, 6.45) is 1.53. The van der Waals surface area contributed by atoms with E-state index in [-0.39, 0.29) is 5.92 Å². The van der Waals surface area contributed by atoms with Crippen molar-refractivity contribution in [2.75, 3.05) is 0 Å². The van der Waals surface area contributed by atoms with E-state index in [2.05, 4.69) is 20.4 Å². The molecule has 0 aliphatic carbocycles. The number of hydrogen-bond acceptors (Lipinski definition) is 1. The maximum atomic E-state index is 10.5. The van der Waals surface area contributed by atoms with Crippen LogP contribution in [-0.4, -0.2) is 11.1 Å². The lowest BCUT2D eigenvalue weighted by molar-refractivity contribution is -0.141. The summed E-state index contributed by atoms with van der Waals surface area (Å²) in [5.74, 6) is -0.502. The topological polar surface area (TPSA) is 37.3 Å². The lowest BCUT2D eigenvalue weighted by Crippen LogP contribution is -2.09. The summed E-state index contributed by atoms with van der Waals surface area (Å²) in [6.45, 7) is 9.78. The van der Waals surface area contributed by atoms with Crippen molar-refractivity contribution in [1.82, 2.24) is 0 Å². The van der Waals surface area contributed by atoms with Crippen LogP contribution in [0.1, 0.15) is 33.6 Å². The molecule has 1 N–H and O–H groups in total. The van der Waals surface area contributed by atoms with Gasteiger partial charge in [0.2, 0.25) is 0 Å². The van der Waals surface area contributed by atoms with Gasteiger partial charge < -0.3 is 5.11 Å². The molecule has 0 radical (unpaired) electrons. The third-order valence-corrected chi connectivity index (χ3v) is 2.14. The van der Waals surface area contributed by atoms with Gasteiger partial charge in [0.1, 0.15) is 0 Å². The zero-order valence-electron chi connectivity index (χ0n) is 8.13. The van der Waals surface area contributed by atoms with Crippen molar-refractivity contribution in [3.8, 4) is 0 Å². The van der Waals surface area contributed by atoms with Crippen molar-refractivity contribution in [2.45, 2.75) is 33.6 Å². The lowest BCUT2D eigenvalue weighted by Gasteiger charge is -2.10. The van der Waals surface area contributed by atoms with Crippen LogP contribution in [0.3, 0.4) is 0 Å². The van der Waals surface area contributed by atoms with Crippen LogP contribution in [0, 0.1) is 11.8 Å². The van der Waals surface area contributed by atoms with Gasteiger partial charge in [-0.15, -0.1) is 0 Å². The zero-order valence-corrected chi connectivity index (χ0v) is 8.13. The molecule has 2 heteroatoms. The highest BCUT2D eigenvalue weighted by molar-refractivity contribution is 5.69. The second-order valence-electron chi connectivity index (χ2n) is 3.59. The molecule has 0 saturated carbocycles. The monoisotopic (exact) mass is 170 g/mol.